The second kappa shape index (κ2) is 6.58. The van der Waals surface area contributed by atoms with Crippen LogP contribution in [0.15, 0.2) is 18.2 Å². The van der Waals surface area contributed by atoms with Crippen LogP contribution in [0.1, 0.15) is 11.1 Å². The Labute approximate surface area is 94.9 Å². The molecule has 0 fully saturated rings. The number of nitrogens with one attached hydrogen (secondary N) is 1. The van der Waals surface area contributed by atoms with Gasteiger partial charge < -0.3 is 15.5 Å². The highest BCUT2D eigenvalue weighted by Gasteiger charge is 2.01. The van der Waals surface area contributed by atoms with Crippen molar-refractivity contribution < 1.29 is 14.6 Å². The molecule has 1 atom stereocenters. The Bertz CT molecular complexity index is 331. The standard InChI is InChI=1S/C12H18FNO2/c1-9-6-10(2-3-12(9)13)4-5-14-7-11(16)8-15/h2-3,6,11,14-16H,4-5,7-8H2,1H3. The van der Waals surface area contributed by atoms with Crippen LogP contribution in [0.25, 0.3) is 0 Å². The zero-order valence-electron chi connectivity index (χ0n) is 9.41. The Morgan fingerprint density at radius 2 is 2.19 bits per heavy atom. The van der Waals surface area contributed by atoms with Crippen molar-refractivity contribution in [3.63, 3.8) is 0 Å². The monoisotopic (exact) mass is 227 g/mol. The van der Waals surface area contributed by atoms with E-state index >= 15 is 0 Å². The predicted octanol–water partition coefficient (Wildman–Crippen LogP) is 0.619. The Morgan fingerprint density at radius 3 is 2.81 bits per heavy atom. The maximum Gasteiger partial charge on any atom is 0.126 e. The van der Waals surface area contributed by atoms with Gasteiger partial charge in [-0.15, -0.1) is 0 Å². The van der Waals surface area contributed by atoms with Gasteiger partial charge in [-0.05, 0) is 37.1 Å². The second-order valence-electron chi connectivity index (χ2n) is 3.87. The summed E-state index contributed by atoms with van der Waals surface area (Å²) in [5, 5.41) is 20.7. The quantitative estimate of drug-likeness (QED) is 0.624. The number of hydrogen-bond acceptors (Lipinski definition) is 3. The van der Waals surface area contributed by atoms with Crippen molar-refractivity contribution in [3.05, 3.63) is 35.1 Å². The SMILES string of the molecule is Cc1cc(CCNCC(O)CO)ccc1F. The van der Waals surface area contributed by atoms with Gasteiger partial charge in [0.15, 0.2) is 0 Å². The number of halogens is 1. The summed E-state index contributed by atoms with van der Waals surface area (Å²) < 4.78 is 13.0. The van der Waals surface area contributed by atoms with Gasteiger partial charge >= 0.3 is 0 Å². The molecule has 90 valence electrons. The highest BCUT2D eigenvalue weighted by Crippen LogP contribution is 2.09. The van der Waals surface area contributed by atoms with E-state index in [-0.39, 0.29) is 12.4 Å². The highest BCUT2D eigenvalue weighted by molar-refractivity contribution is 5.24. The molecule has 3 N–H and O–H groups in total. The lowest BCUT2D eigenvalue weighted by molar-refractivity contribution is 0.0947. The predicted molar refractivity (Wildman–Crippen MR) is 60.8 cm³/mol. The van der Waals surface area contributed by atoms with Gasteiger partial charge in [0.2, 0.25) is 0 Å². The van der Waals surface area contributed by atoms with Crippen molar-refractivity contribution in [2.75, 3.05) is 19.7 Å². The summed E-state index contributed by atoms with van der Waals surface area (Å²) in [7, 11) is 0. The van der Waals surface area contributed by atoms with E-state index in [1.54, 1.807) is 13.0 Å². The van der Waals surface area contributed by atoms with E-state index in [1.165, 1.54) is 6.07 Å². The van der Waals surface area contributed by atoms with Crippen LogP contribution in [0.5, 0.6) is 0 Å². The summed E-state index contributed by atoms with van der Waals surface area (Å²) in [5.41, 5.74) is 1.71. The molecule has 0 radical (unpaired) electrons. The van der Waals surface area contributed by atoms with Crippen molar-refractivity contribution in [3.8, 4) is 0 Å². The smallest absolute Gasteiger partial charge is 0.126 e. The molecule has 0 aromatic heterocycles. The lowest BCUT2D eigenvalue weighted by Crippen LogP contribution is -2.30. The molecule has 0 aliphatic rings. The third kappa shape index (κ3) is 4.26. The van der Waals surface area contributed by atoms with Crippen LogP contribution in [-0.4, -0.2) is 36.0 Å². The van der Waals surface area contributed by atoms with Gasteiger partial charge in [-0.25, -0.2) is 4.39 Å². The van der Waals surface area contributed by atoms with Gasteiger partial charge in [0.25, 0.3) is 0 Å². The topological polar surface area (TPSA) is 52.5 Å². The van der Waals surface area contributed by atoms with Crippen molar-refractivity contribution >= 4 is 0 Å². The molecule has 0 saturated carbocycles. The molecule has 1 aromatic carbocycles. The van der Waals surface area contributed by atoms with Crippen LogP contribution in [-0.2, 0) is 6.42 Å². The summed E-state index contributed by atoms with van der Waals surface area (Å²) in [6, 6.07) is 5.04. The van der Waals surface area contributed by atoms with Gasteiger partial charge in [-0.2, -0.15) is 0 Å². The van der Waals surface area contributed by atoms with Gasteiger partial charge in [0, 0.05) is 6.54 Å². The summed E-state index contributed by atoms with van der Waals surface area (Å²) in [5.74, 6) is -0.188. The number of hydrogen-bond donors (Lipinski definition) is 3. The van der Waals surface area contributed by atoms with Crippen LogP contribution in [0.2, 0.25) is 0 Å². The molecule has 0 heterocycles. The van der Waals surface area contributed by atoms with E-state index in [0.717, 1.165) is 12.0 Å². The van der Waals surface area contributed by atoms with Crippen LogP contribution < -0.4 is 5.32 Å². The lowest BCUT2D eigenvalue weighted by Gasteiger charge is -2.09. The molecule has 0 saturated heterocycles. The fourth-order valence-electron chi connectivity index (χ4n) is 1.43. The minimum absolute atomic E-state index is 0.188. The first-order valence-electron chi connectivity index (χ1n) is 5.38. The van der Waals surface area contributed by atoms with Crippen molar-refractivity contribution in [1.82, 2.24) is 5.32 Å². The molecule has 3 nitrogen and oxygen atoms in total. The molecule has 1 aromatic rings. The maximum atomic E-state index is 13.0. The van der Waals surface area contributed by atoms with Gasteiger partial charge in [0.05, 0.1) is 12.7 Å². The van der Waals surface area contributed by atoms with Gasteiger partial charge in [0.1, 0.15) is 5.82 Å². The second-order valence-corrected chi connectivity index (χ2v) is 3.87. The first-order valence-corrected chi connectivity index (χ1v) is 5.38. The fraction of sp³-hybridized carbons (Fsp3) is 0.500. The largest absolute Gasteiger partial charge is 0.394 e. The Hall–Kier alpha value is -0.970. The van der Waals surface area contributed by atoms with Crippen LogP contribution in [0, 0.1) is 12.7 Å². The summed E-state index contributed by atoms with van der Waals surface area (Å²) in [6.07, 6.45) is 0.0640. The molecule has 1 rings (SSSR count). The Morgan fingerprint density at radius 1 is 1.44 bits per heavy atom. The first-order chi connectivity index (χ1) is 7.63. The molecule has 0 aliphatic heterocycles. The first kappa shape index (κ1) is 13.1. The lowest BCUT2D eigenvalue weighted by atomic mass is 10.1. The van der Waals surface area contributed by atoms with Gasteiger partial charge in [-0.1, -0.05) is 12.1 Å². The van der Waals surface area contributed by atoms with E-state index in [1.807, 2.05) is 6.07 Å². The number of aryl methyl sites for hydroxylation is 1. The molecule has 16 heavy (non-hydrogen) atoms. The molecular formula is C12H18FNO2. The number of aliphatic hydroxyl groups excluding tert-OH is 2. The zero-order valence-corrected chi connectivity index (χ0v) is 9.41. The molecule has 0 bridgehead atoms. The van der Waals surface area contributed by atoms with E-state index in [4.69, 9.17) is 10.2 Å². The minimum Gasteiger partial charge on any atom is -0.394 e. The van der Waals surface area contributed by atoms with Crippen molar-refractivity contribution in [2.24, 2.45) is 0 Å². The van der Waals surface area contributed by atoms with E-state index in [9.17, 15) is 4.39 Å². The third-order valence-electron chi connectivity index (χ3n) is 2.40. The third-order valence-corrected chi connectivity index (χ3v) is 2.40. The molecule has 0 amide bonds. The Balaban J connectivity index is 2.29. The zero-order chi connectivity index (χ0) is 12.0. The molecule has 1 unspecified atom stereocenters. The average Bonchev–Trinajstić information content (AvgIpc) is 2.28. The minimum atomic E-state index is -0.713. The van der Waals surface area contributed by atoms with Crippen LogP contribution in [0.3, 0.4) is 0 Å². The molecule has 0 spiro atoms. The average molecular weight is 227 g/mol. The fourth-order valence-corrected chi connectivity index (χ4v) is 1.43. The highest BCUT2D eigenvalue weighted by atomic mass is 19.1. The molecular weight excluding hydrogens is 209 g/mol. The normalized spacial score (nSPS) is 12.8. The number of rotatable bonds is 6. The van der Waals surface area contributed by atoms with E-state index < -0.39 is 6.10 Å². The maximum absolute atomic E-state index is 13.0. The number of aliphatic hydroxyl groups is 2. The number of benzene rings is 1. The van der Waals surface area contributed by atoms with Crippen LogP contribution >= 0.6 is 0 Å². The van der Waals surface area contributed by atoms with Crippen molar-refractivity contribution in [1.29, 1.82) is 0 Å². The summed E-state index contributed by atoms with van der Waals surface area (Å²) >= 11 is 0. The summed E-state index contributed by atoms with van der Waals surface area (Å²) in [4.78, 5) is 0. The van der Waals surface area contributed by atoms with Gasteiger partial charge in [-0.3, -0.25) is 0 Å². The van der Waals surface area contributed by atoms with E-state index in [0.29, 0.717) is 18.7 Å². The van der Waals surface area contributed by atoms with Crippen LogP contribution in [0.4, 0.5) is 4.39 Å². The Kier molecular flexibility index (Phi) is 5.38. The van der Waals surface area contributed by atoms with Crippen molar-refractivity contribution in [2.45, 2.75) is 19.4 Å². The van der Waals surface area contributed by atoms with E-state index in [2.05, 4.69) is 5.32 Å². The summed E-state index contributed by atoms with van der Waals surface area (Å²) in [6.45, 7) is 2.57. The molecule has 4 heteroatoms. The molecule has 0 aliphatic carbocycles.